The number of anilines is 1. The van der Waals surface area contributed by atoms with Crippen LogP contribution in [0.15, 0.2) is 41.5 Å². The molecule has 0 fully saturated rings. The lowest BCUT2D eigenvalue weighted by Crippen LogP contribution is -2.27. The summed E-state index contributed by atoms with van der Waals surface area (Å²) in [6.45, 7) is 0.655. The van der Waals surface area contributed by atoms with Crippen molar-refractivity contribution in [3.63, 3.8) is 0 Å². The first-order valence-electron chi connectivity index (χ1n) is 8.55. The Kier molecular flexibility index (Phi) is 7.62. The largest absolute Gasteiger partial charge is 0.469 e. The van der Waals surface area contributed by atoms with Gasteiger partial charge in [-0.15, -0.1) is 0 Å². The number of nitro benzene ring substituents is 1. The Balaban J connectivity index is 2.39. The number of benzene rings is 2. The average molecular weight is 416 g/mol. The third-order valence-corrected chi connectivity index (χ3v) is 4.53. The van der Waals surface area contributed by atoms with Gasteiger partial charge in [-0.3, -0.25) is 14.9 Å². The summed E-state index contributed by atoms with van der Waals surface area (Å²) in [7, 11) is 1.30. The Labute approximate surface area is 172 Å². The Morgan fingerprint density at radius 2 is 2.10 bits per heavy atom. The molecule has 0 saturated carbocycles. The molecule has 0 radical (unpaired) electrons. The SMILES string of the molecule is COC(=O)CCN(CCC#N)c1ccc(-c2ccc([N+](=O)[O-])cc2Cl)cc1N=N. The number of nitrogens with one attached hydrogen (secondary N) is 1. The molecule has 0 heterocycles. The minimum atomic E-state index is -0.530. The van der Waals surface area contributed by atoms with E-state index in [0.717, 1.165) is 0 Å². The molecule has 29 heavy (non-hydrogen) atoms. The van der Waals surface area contributed by atoms with E-state index in [1.807, 2.05) is 0 Å². The lowest BCUT2D eigenvalue weighted by atomic mass is 10.0. The van der Waals surface area contributed by atoms with Gasteiger partial charge in [-0.2, -0.15) is 10.4 Å². The Bertz CT molecular complexity index is 974. The number of hydrogen-bond donors (Lipinski definition) is 1. The number of carbonyl (C=O) groups is 1. The van der Waals surface area contributed by atoms with Gasteiger partial charge in [0, 0.05) is 30.8 Å². The minimum Gasteiger partial charge on any atom is -0.469 e. The number of nitro groups is 1. The number of methoxy groups -OCH3 is 1. The summed E-state index contributed by atoms with van der Waals surface area (Å²) in [6, 6.07) is 11.3. The van der Waals surface area contributed by atoms with Gasteiger partial charge in [-0.05, 0) is 23.8 Å². The number of rotatable bonds is 9. The maximum atomic E-state index is 11.5. The van der Waals surface area contributed by atoms with Gasteiger partial charge in [0.2, 0.25) is 0 Å². The van der Waals surface area contributed by atoms with E-state index in [0.29, 0.717) is 35.6 Å². The van der Waals surface area contributed by atoms with Crippen molar-refractivity contribution < 1.29 is 14.5 Å². The molecular formula is C19H18ClN5O4. The van der Waals surface area contributed by atoms with Crippen LogP contribution in [-0.4, -0.2) is 31.1 Å². The number of carbonyl (C=O) groups excluding carboxylic acids is 1. The topological polar surface area (TPSA) is 133 Å². The van der Waals surface area contributed by atoms with Crippen molar-refractivity contribution in [1.82, 2.24) is 0 Å². The highest BCUT2D eigenvalue weighted by Crippen LogP contribution is 2.37. The van der Waals surface area contributed by atoms with Gasteiger partial charge in [0.15, 0.2) is 0 Å². The van der Waals surface area contributed by atoms with Crippen LogP contribution in [0.25, 0.3) is 11.1 Å². The Morgan fingerprint density at radius 1 is 1.34 bits per heavy atom. The van der Waals surface area contributed by atoms with Crippen molar-refractivity contribution >= 4 is 34.6 Å². The summed E-state index contributed by atoms with van der Waals surface area (Å²) >= 11 is 6.20. The fourth-order valence-corrected chi connectivity index (χ4v) is 3.05. The van der Waals surface area contributed by atoms with Crippen molar-refractivity contribution in [2.24, 2.45) is 5.11 Å². The summed E-state index contributed by atoms with van der Waals surface area (Å²) in [5.74, 6) is -0.384. The van der Waals surface area contributed by atoms with Crippen molar-refractivity contribution in [2.75, 3.05) is 25.1 Å². The molecule has 0 atom stereocenters. The van der Waals surface area contributed by atoms with Crippen LogP contribution in [0.2, 0.25) is 5.02 Å². The molecule has 2 aromatic carbocycles. The molecular weight excluding hydrogens is 398 g/mol. The van der Waals surface area contributed by atoms with Gasteiger partial charge in [-0.25, -0.2) is 5.53 Å². The molecule has 2 rings (SSSR count). The highest BCUT2D eigenvalue weighted by molar-refractivity contribution is 6.33. The van der Waals surface area contributed by atoms with E-state index in [-0.39, 0.29) is 29.5 Å². The molecule has 150 valence electrons. The van der Waals surface area contributed by atoms with E-state index < -0.39 is 4.92 Å². The van der Waals surface area contributed by atoms with E-state index in [1.165, 1.54) is 25.3 Å². The normalized spacial score (nSPS) is 10.1. The number of nitriles is 1. The van der Waals surface area contributed by atoms with Crippen LogP contribution in [-0.2, 0) is 9.53 Å². The quantitative estimate of drug-likeness (QED) is 0.269. The van der Waals surface area contributed by atoms with Gasteiger partial charge in [0.1, 0.15) is 5.69 Å². The smallest absolute Gasteiger partial charge is 0.307 e. The van der Waals surface area contributed by atoms with Gasteiger partial charge < -0.3 is 9.64 Å². The highest BCUT2D eigenvalue weighted by atomic mass is 35.5. The van der Waals surface area contributed by atoms with Crippen LogP contribution in [0, 0.1) is 27.0 Å². The fraction of sp³-hybridized carbons (Fsp3) is 0.263. The van der Waals surface area contributed by atoms with Crippen LogP contribution in [0.3, 0.4) is 0 Å². The molecule has 0 bridgehead atoms. The average Bonchev–Trinajstić information content (AvgIpc) is 2.73. The molecule has 0 aliphatic heterocycles. The maximum Gasteiger partial charge on any atom is 0.307 e. The minimum absolute atomic E-state index is 0.119. The first-order chi connectivity index (χ1) is 13.9. The molecule has 0 saturated heterocycles. The van der Waals surface area contributed by atoms with Crippen molar-refractivity contribution in [3.8, 4) is 17.2 Å². The number of hydrogen-bond acceptors (Lipinski definition) is 8. The molecule has 2 aromatic rings. The number of ether oxygens (including phenoxy) is 1. The zero-order valence-electron chi connectivity index (χ0n) is 15.6. The fourth-order valence-electron chi connectivity index (χ4n) is 2.77. The molecule has 0 aromatic heterocycles. The number of halogens is 1. The molecule has 0 aliphatic rings. The third-order valence-electron chi connectivity index (χ3n) is 4.22. The first-order valence-corrected chi connectivity index (χ1v) is 8.93. The summed E-state index contributed by atoms with van der Waals surface area (Å²) in [6.07, 6.45) is 0.351. The lowest BCUT2D eigenvalue weighted by molar-refractivity contribution is -0.384. The first kappa shape index (κ1) is 21.8. The van der Waals surface area contributed by atoms with E-state index in [4.69, 9.17) is 22.4 Å². The number of esters is 1. The van der Waals surface area contributed by atoms with E-state index >= 15 is 0 Å². The van der Waals surface area contributed by atoms with Crippen molar-refractivity contribution in [1.29, 1.82) is 10.8 Å². The Morgan fingerprint density at radius 3 is 2.69 bits per heavy atom. The summed E-state index contributed by atoms with van der Waals surface area (Å²) in [5.41, 5.74) is 9.51. The van der Waals surface area contributed by atoms with Gasteiger partial charge in [0.05, 0.1) is 41.7 Å². The maximum absolute atomic E-state index is 11.5. The summed E-state index contributed by atoms with van der Waals surface area (Å²) < 4.78 is 4.66. The zero-order chi connectivity index (χ0) is 21.4. The standard InChI is InChI=1S/C19H18ClN5O4/c1-29-19(26)7-10-24(9-2-8-21)18-6-3-13(11-17(18)23-22)15-5-4-14(25(27)28)12-16(15)20/h3-6,11-12,22H,2,7,9-10H2,1H3. The Hall–Kier alpha value is -3.51. The number of non-ortho nitro benzene ring substituents is 1. The third kappa shape index (κ3) is 5.49. The predicted octanol–water partition coefficient (Wildman–Crippen LogP) is 4.86. The second-order valence-electron chi connectivity index (χ2n) is 5.96. The van der Waals surface area contributed by atoms with Crippen LogP contribution in [0.4, 0.5) is 17.1 Å². The van der Waals surface area contributed by atoms with Crippen molar-refractivity contribution in [3.05, 3.63) is 51.5 Å². The highest BCUT2D eigenvalue weighted by Gasteiger charge is 2.16. The second kappa shape index (κ2) is 10.1. The monoisotopic (exact) mass is 415 g/mol. The molecule has 0 amide bonds. The summed E-state index contributed by atoms with van der Waals surface area (Å²) in [5, 5.41) is 23.6. The van der Waals surface area contributed by atoms with E-state index in [2.05, 4.69) is 15.9 Å². The van der Waals surface area contributed by atoms with Gasteiger partial charge in [-0.1, -0.05) is 17.7 Å². The molecule has 10 heteroatoms. The predicted molar refractivity (Wildman–Crippen MR) is 107 cm³/mol. The molecule has 0 aliphatic carbocycles. The molecule has 9 nitrogen and oxygen atoms in total. The summed E-state index contributed by atoms with van der Waals surface area (Å²) in [4.78, 5) is 23.6. The van der Waals surface area contributed by atoms with Gasteiger partial charge in [0.25, 0.3) is 5.69 Å². The van der Waals surface area contributed by atoms with Crippen LogP contribution >= 0.6 is 11.6 Å². The van der Waals surface area contributed by atoms with Crippen LogP contribution in [0.1, 0.15) is 12.8 Å². The molecule has 1 N–H and O–H groups in total. The van der Waals surface area contributed by atoms with Crippen molar-refractivity contribution in [2.45, 2.75) is 12.8 Å². The molecule has 0 spiro atoms. The van der Waals surface area contributed by atoms with E-state index in [9.17, 15) is 14.9 Å². The zero-order valence-corrected chi connectivity index (χ0v) is 16.3. The van der Waals surface area contributed by atoms with Gasteiger partial charge >= 0.3 is 5.97 Å². The van der Waals surface area contributed by atoms with Crippen LogP contribution in [0.5, 0.6) is 0 Å². The molecule has 0 unspecified atom stereocenters. The number of nitrogens with zero attached hydrogens (tertiary/aromatic N) is 4. The second-order valence-corrected chi connectivity index (χ2v) is 6.37. The lowest BCUT2D eigenvalue weighted by Gasteiger charge is -2.25. The van der Waals surface area contributed by atoms with Crippen LogP contribution < -0.4 is 4.90 Å². The van der Waals surface area contributed by atoms with E-state index in [1.54, 1.807) is 23.1 Å².